The number of imidazole rings is 1. The molecule has 1 amide bonds. The summed E-state index contributed by atoms with van der Waals surface area (Å²) in [5, 5.41) is 0. The summed E-state index contributed by atoms with van der Waals surface area (Å²) in [7, 11) is 1.68. The quantitative estimate of drug-likeness (QED) is 0.814. The van der Waals surface area contributed by atoms with Gasteiger partial charge < -0.3 is 14.5 Å². The van der Waals surface area contributed by atoms with Crippen molar-refractivity contribution in [3.63, 3.8) is 0 Å². The number of carbonyl (C=O) groups excluding carboxylic acids is 1. The predicted octanol–water partition coefficient (Wildman–Crippen LogP) is 3.11. The molecule has 4 rings (SSSR count). The monoisotopic (exact) mass is 368 g/mol. The molecular weight excluding hydrogens is 340 g/mol. The molecule has 1 saturated heterocycles. The zero-order valence-corrected chi connectivity index (χ0v) is 16.0. The highest BCUT2D eigenvalue weighted by atomic mass is 16.5. The average Bonchev–Trinajstić information content (AvgIpc) is 3.40. The van der Waals surface area contributed by atoms with Gasteiger partial charge in [-0.25, -0.2) is 4.98 Å². The Labute approximate surface area is 160 Å². The lowest BCUT2D eigenvalue weighted by molar-refractivity contribution is -0.132. The van der Waals surface area contributed by atoms with Gasteiger partial charge in [-0.05, 0) is 30.9 Å². The zero-order chi connectivity index (χ0) is 18.6. The molecule has 2 heterocycles. The molecule has 0 atom stereocenters. The van der Waals surface area contributed by atoms with Gasteiger partial charge >= 0.3 is 0 Å². The van der Waals surface area contributed by atoms with Gasteiger partial charge in [-0.15, -0.1) is 0 Å². The Hall–Kier alpha value is -2.50. The van der Waals surface area contributed by atoms with Gasteiger partial charge in [0, 0.05) is 51.1 Å². The molecule has 2 aliphatic rings. The van der Waals surface area contributed by atoms with Crippen molar-refractivity contribution in [2.45, 2.75) is 32.1 Å². The summed E-state index contributed by atoms with van der Waals surface area (Å²) < 4.78 is 7.42. The van der Waals surface area contributed by atoms with Gasteiger partial charge in [0.15, 0.2) is 0 Å². The van der Waals surface area contributed by atoms with Crippen LogP contribution in [0.2, 0.25) is 0 Å². The molecule has 0 unspecified atom stereocenters. The van der Waals surface area contributed by atoms with Gasteiger partial charge in [0.1, 0.15) is 5.75 Å². The number of rotatable bonds is 5. The van der Waals surface area contributed by atoms with Crippen molar-refractivity contribution >= 4 is 11.9 Å². The average molecular weight is 368 g/mol. The SMILES string of the molecule is COc1cccc(-n2ccnc2N2CCN(C(=O)CC3CCCC3)CC2)c1. The smallest absolute Gasteiger partial charge is 0.222 e. The number of hydrogen-bond donors (Lipinski definition) is 0. The van der Waals surface area contributed by atoms with Crippen molar-refractivity contribution in [3.8, 4) is 11.4 Å². The van der Waals surface area contributed by atoms with Crippen LogP contribution in [0.15, 0.2) is 36.7 Å². The number of nitrogens with zero attached hydrogens (tertiary/aromatic N) is 4. The summed E-state index contributed by atoms with van der Waals surface area (Å²) in [5.41, 5.74) is 1.03. The Balaban J connectivity index is 1.40. The van der Waals surface area contributed by atoms with Crippen LogP contribution in [0.1, 0.15) is 32.1 Å². The molecular formula is C21H28N4O2. The Morgan fingerprint density at radius 2 is 1.96 bits per heavy atom. The molecule has 1 aromatic heterocycles. The fourth-order valence-electron chi connectivity index (χ4n) is 4.24. The first-order valence-corrected chi connectivity index (χ1v) is 9.95. The zero-order valence-electron chi connectivity index (χ0n) is 16.0. The second-order valence-electron chi connectivity index (χ2n) is 7.52. The maximum absolute atomic E-state index is 12.6. The Morgan fingerprint density at radius 1 is 1.19 bits per heavy atom. The highest BCUT2D eigenvalue weighted by Gasteiger charge is 2.26. The van der Waals surface area contributed by atoms with E-state index in [-0.39, 0.29) is 0 Å². The topological polar surface area (TPSA) is 50.6 Å². The maximum atomic E-state index is 12.6. The molecule has 1 saturated carbocycles. The van der Waals surface area contributed by atoms with Gasteiger partial charge in [-0.2, -0.15) is 0 Å². The molecule has 1 aliphatic carbocycles. The summed E-state index contributed by atoms with van der Waals surface area (Å²) in [6.45, 7) is 3.18. The standard InChI is InChI=1S/C21H28N4O2/c1-27-19-8-4-7-18(16-19)25-10-9-22-21(25)24-13-11-23(12-14-24)20(26)15-17-5-2-3-6-17/h4,7-10,16-17H,2-3,5-6,11-15H2,1H3. The van der Waals surface area contributed by atoms with Crippen molar-refractivity contribution < 1.29 is 9.53 Å². The van der Waals surface area contributed by atoms with E-state index in [9.17, 15) is 4.79 Å². The second kappa shape index (κ2) is 8.03. The molecule has 0 spiro atoms. The number of methoxy groups -OCH3 is 1. The van der Waals surface area contributed by atoms with E-state index in [1.165, 1.54) is 25.7 Å². The third-order valence-corrected chi connectivity index (χ3v) is 5.81. The van der Waals surface area contributed by atoms with Crippen LogP contribution in [0.4, 0.5) is 5.95 Å². The molecule has 0 N–H and O–H groups in total. The van der Waals surface area contributed by atoms with E-state index < -0.39 is 0 Å². The van der Waals surface area contributed by atoms with Gasteiger partial charge in [0.25, 0.3) is 0 Å². The minimum Gasteiger partial charge on any atom is -0.497 e. The minimum atomic E-state index is 0.331. The largest absolute Gasteiger partial charge is 0.497 e. The van der Waals surface area contributed by atoms with Gasteiger partial charge in [-0.1, -0.05) is 18.9 Å². The third kappa shape index (κ3) is 3.94. The molecule has 6 nitrogen and oxygen atoms in total. The molecule has 2 fully saturated rings. The Bertz CT molecular complexity index is 774. The molecule has 0 bridgehead atoms. The summed E-state index contributed by atoms with van der Waals surface area (Å²) >= 11 is 0. The second-order valence-corrected chi connectivity index (χ2v) is 7.52. The molecule has 0 radical (unpaired) electrons. The van der Waals surface area contributed by atoms with E-state index in [4.69, 9.17) is 4.74 Å². The number of piperazine rings is 1. The first kappa shape index (κ1) is 17.9. The number of anilines is 1. The van der Waals surface area contributed by atoms with Crippen molar-refractivity contribution in [1.82, 2.24) is 14.5 Å². The van der Waals surface area contributed by atoms with Gasteiger partial charge in [0.2, 0.25) is 11.9 Å². The van der Waals surface area contributed by atoms with Crippen molar-refractivity contribution in [1.29, 1.82) is 0 Å². The highest BCUT2D eigenvalue weighted by Crippen LogP contribution is 2.28. The molecule has 2 aromatic rings. The van der Waals surface area contributed by atoms with Crippen LogP contribution in [0.3, 0.4) is 0 Å². The number of ether oxygens (including phenoxy) is 1. The summed E-state index contributed by atoms with van der Waals surface area (Å²) in [6.07, 6.45) is 9.57. The van der Waals surface area contributed by atoms with Crippen LogP contribution in [-0.2, 0) is 4.79 Å². The number of hydrogen-bond acceptors (Lipinski definition) is 4. The first-order valence-electron chi connectivity index (χ1n) is 9.95. The lowest BCUT2D eigenvalue weighted by Crippen LogP contribution is -2.49. The van der Waals surface area contributed by atoms with E-state index in [1.807, 2.05) is 35.5 Å². The molecule has 27 heavy (non-hydrogen) atoms. The van der Waals surface area contributed by atoms with Crippen molar-refractivity contribution in [2.24, 2.45) is 5.92 Å². The van der Waals surface area contributed by atoms with Crippen LogP contribution in [-0.4, -0.2) is 53.6 Å². The van der Waals surface area contributed by atoms with Gasteiger partial charge in [-0.3, -0.25) is 9.36 Å². The summed E-state index contributed by atoms with van der Waals surface area (Å²) in [4.78, 5) is 21.4. The lowest BCUT2D eigenvalue weighted by Gasteiger charge is -2.36. The lowest BCUT2D eigenvalue weighted by atomic mass is 10.0. The van der Waals surface area contributed by atoms with Crippen LogP contribution >= 0.6 is 0 Å². The number of aromatic nitrogens is 2. The Morgan fingerprint density at radius 3 is 2.70 bits per heavy atom. The van der Waals surface area contributed by atoms with Gasteiger partial charge in [0.05, 0.1) is 12.8 Å². The number of benzene rings is 1. The maximum Gasteiger partial charge on any atom is 0.222 e. The number of amides is 1. The van der Waals surface area contributed by atoms with Crippen LogP contribution in [0.25, 0.3) is 5.69 Å². The molecule has 1 aromatic carbocycles. The van der Waals surface area contributed by atoms with E-state index in [2.05, 4.69) is 20.5 Å². The van der Waals surface area contributed by atoms with E-state index in [0.717, 1.165) is 50.0 Å². The normalized spacial score (nSPS) is 18.1. The van der Waals surface area contributed by atoms with E-state index in [1.54, 1.807) is 7.11 Å². The van der Waals surface area contributed by atoms with Crippen LogP contribution in [0, 0.1) is 5.92 Å². The molecule has 144 valence electrons. The molecule has 6 heteroatoms. The summed E-state index contributed by atoms with van der Waals surface area (Å²) in [6, 6.07) is 7.98. The highest BCUT2D eigenvalue weighted by molar-refractivity contribution is 5.76. The van der Waals surface area contributed by atoms with Crippen molar-refractivity contribution in [2.75, 3.05) is 38.2 Å². The number of carbonyl (C=O) groups is 1. The first-order chi connectivity index (χ1) is 13.2. The minimum absolute atomic E-state index is 0.331. The third-order valence-electron chi connectivity index (χ3n) is 5.81. The van der Waals surface area contributed by atoms with Crippen LogP contribution in [0.5, 0.6) is 5.75 Å². The Kier molecular flexibility index (Phi) is 5.32. The molecule has 1 aliphatic heterocycles. The fraction of sp³-hybridized carbons (Fsp3) is 0.524. The van der Waals surface area contributed by atoms with Crippen molar-refractivity contribution in [3.05, 3.63) is 36.7 Å². The van der Waals surface area contributed by atoms with E-state index in [0.29, 0.717) is 11.8 Å². The predicted molar refractivity (Wildman–Crippen MR) is 105 cm³/mol. The fourth-order valence-corrected chi connectivity index (χ4v) is 4.24. The summed E-state index contributed by atoms with van der Waals surface area (Å²) in [5.74, 6) is 2.70. The van der Waals surface area contributed by atoms with Crippen LogP contribution < -0.4 is 9.64 Å². The van der Waals surface area contributed by atoms with E-state index >= 15 is 0 Å².